The Morgan fingerprint density at radius 1 is 1.44 bits per heavy atom. The van der Waals surface area contributed by atoms with Gasteiger partial charge < -0.3 is 5.32 Å². The molecule has 18 heavy (non-hydrogen) atoms. The van der Waals surface area contributed by atoms with E-state index in [4.69, 9.17) is 0 Å². The second-order valence-corrected chi connectivity index (χ2v) is 7.03. The number of aryl methyl sites for hydroxylation is 1. The highest BCUT2D eigenvalue weighted by molar-refractivity contribution is 7.99. The number of carbonyl (C=O) groups excluding carboxylic acids is 1. The first-order valence-electron chi connectivity index (χ1n) is 6.62. The Morgan fingerprint density at radius 3 is 3.00 bits per heavy atom. The molecule has 0 atom stereocenters. The van der Waals surface area contributed by atoms with E-state index in [1.54, 1.807) is 22.2 Å². The van der Waals surface area contributed by atoms with Gasteiger partial charge in [-0.3, -0.25) is 4.79 Å². The van der Waals surface area contributed by atoms with Crippen LogP contribution in [0.1, 0.15) is 42.7 Å². The van der Waals surface area contributed by atoms with Gasteiger partial charge in [0.05, 0.1) is 5.75 Å². The van der Waals surface area contributed by atoms with Crippen LogP contribution < -0.4 is 5.32 Å². The third kappa shape index (κ3) is 3.75. The highest BCUT2D eigenvalue weighted by Crippen LogP contribution is 2.32. The van der Waals surface area contributed by atoms with Gasteiger partial charge in [0.25, 0.3) is 0 Å². The van der Waals surface area contributed by atoms with Gasteiger partial charge in [0.2, 0.25) is 5.91 Å². The van der Waals surface area contributed by atoms with Gasteiger partial charge in [-0.1, -0.05) is 0 Å². The number of nitrogens with one attached hydrogen (secondary N) is 1. The summed E-state index contributed by atoms with van der Waals surface area (Å²) < 4.78 is 0. The zero-order chi connectivity index (χ0) is 13.0. The Balaban J connectivity index is 1.80. The van der Waals surface area contributed by atoms with Crippen molar-refractivity contribution < 1.29 is 4.79 Å². The molecule has 0 radical (unpaired) electrons. The second kappa shape index (κ2) is 6.62. The fourth-order valence-electron chi connectivity index (χ4n) is 2.30. The van der Waals surface area contributed by atoms with E-state index in [2.05, 4.69) is 10.7 Å². The SMILES string of the molecule is CC(C)NC(=O)CSCc1csc2c1CCCC2. The molecular weight excluding hydrogens is 262 g/mol. The first-order chi connectivity index (χ1) is 8.66. The van der Waals surface area contributed by atoms with E-state index in [9.17, 15) is 4.79 Å². The number of thioether (sulfide) groups is 1. The summed E-state index contributed by atoms with van der Waals surface area (Å²) in [6.07, 6.45) is 5.18. The maximum Gasteiger partial charge on any atom is 0.230 e. The molecule has 0 aliphatic heterocycles. The Morgan fingerprint density at radius 2 is 2.22 bits per heavy atom. The van der Waals surface area contributed by atoms with E-state index in [-0.39, 0.29) is 11.9 Å². The van der Waals surface area contributed by atoms with Crippen LogP contribution in [0.25, 0.3) is 0 Å². The molecule has 1 heterocycles. The lowest BCUT2D eigenvalue weighted by Crippen LogP contribution is -2.31. The second-order valence-electron chi connectivity index (χ2n) is 5.08. The van der Waals surface area contributed by atoms with Crippen molar-refractivity contribution in [2.75, 3.05) is 5.75 Å². The monoisotopic (exact) mass is 283 g/mol. The first-order valence-corrected chi connectivity index (χ1v) is 8.65. The summed E-state index contributed by atoms with van der Waals surface area (Å²) in [6.45, 7) is 4.00. The molecule has 100 valence electrons. The van der Waals surface area contributed by atoms with Crippen LogP contribution in [-0.4, -0.2) is 17.7 Å². The van der Waals surface area contributed by atoms with E-state index >= 15 is 0 Å². The van der Waals surface area contributed by atoms with Crippen LogP contribution in [0.2, 0.25) is 0 Å². The largest absolute Gasteiger partial charge is 0.353 e. The zero-order valence-corrected chi connectivity index (χ0v) is 12.8. The molecule has 0 aromatic carbocycles. The van der Waals surface area contributed by atoms with Gasteiger partial charge in [0.15, 0.2) is 0 Å². The number of hydrogen-bond donors (Lipinski definition) is 1. The Bertz CT molecular complexity index is 412. The lowest BCUT2D eigenvalue weighted by molar-refractivity contribution is -0.119. The lowest BCUT2D eigenvalue weighted by atomic mass is 9.97. The van der Waals surface area contributed by atoms with Gasteiger partial charge in [-0.05, 0) is 56.0 Å². The van der Waals surface area contributed by atoms with E-state index in [1.165, 1.54) is 31.2 Å². The Labute approximate surface area is 118 Å². The average molecular weight is 283 g/mol. The van der Waals surface area contributed by atoms with Gasteiger partial charge in [-0.15, -0.1) is 23.1 Å². The summed E-state index contributed by atoms with van der Waals surface area (Å²) >= 11 is 3.64. The predicted molar refractivity (Wildman–Crippen MR) is 80.4 cm³/mol. The molecule has 4 heteroatoms. The Hall–Kier alpha value is -0.480. The van der Waals surface area contributed by atoms with Crippen molar-refractivity contribution in [2.45, 2.75) is 51.3 Å². The van der Waals surface area contributed by atoms with Gasteiger partial charge in [-0.25, -0.2) is 0 Å². The molecular formula is C14H21NOS2. The summed E-state index contributed by atoms with van der Waals surface area (Å²) in [6, 6.07) is 0.243. The van der Waals surface area contributed by atoms with Crippen molar-refractivity contribution in [3.8, 4) is 0 Å². The summed E-state index contributed by atoms with van der Waals surface area (Å²) in [5.41, 5.74) is 3.06. The standard InChI is InChI=1S/C14H21NOS2/c1-10(2)15-14(16)9-17-7-11-8-18-13-6-4-3-5-12(11)13/h8,10H,3-7,9H2,1-2H3,(H,15,16). The molecule has 1 aliphatic carbocycles. The molecule has 1 N–H and O–H groups in total. The van der Waals surface area contributed by atoms with Crippen LogP contribution in [0.5, 0.6) is 0 Å². The molecule has 2 nitrogen and oxygen atoms in total. The number of rotatable bonds is 5. The number of hydrogen-bond acceptors (Lipinski definition) is 3. The minimum atomic E-state index is 0.152. The van der Waals surface area contributed by atoms with Crippen LogP contribution in [-0.2, 0) is 23.4 Å². The van der Waals surface area contributed by atoms with E-state index in [0.717, 1.165) is 5.75 Å². The third-order valence-electron chi connectivity index (χ3n) is 3.09. The molecule has 1 amide bonds. The molecule has 0 saturated heterocycles. The van der Waals surface area contributed by atoms with Gasteiger partial charge in [0, 0.05) is 16.7 Å². The van der Waals surface area contributed by atoms with Crippen molar-refractivity contribution in [3.05, 3.63) is 21.4 Å². The van der Waals surface area contributed by atoms with Gasteiger partial charge >= 0.3 is 0 Å². The fourth-order valence-corrected chi connectivity index (χ4v) is 4.40. The van der Waals surface area contributed by atoms with E-state index in [0.29, 0.717) is 5.75 Å². The molecule has 0 saturated carbocycles. The zero-order valence-electron chi connectivity index (χ0n) is 11.1. The summed E-state index contributed by atoms with van der Waals surface area (Å²) in [5, 5.41) is 5.22. The smallest absolute Gasteiger partial charge is 0.230 e. The quantitative estimate of drug-likeness (QED) is 0.897. The van der Waals surface area contributed by atoms with Crippen LogP contribution in [0.3, 0.4) is 0 Å². The highest BCUT2D eigenvalue weighted by atomic mass is 32.2. The number of thiophene rings is 1. The van der Waals surface area contributed by atoms with Gasteiger partial charge in [-0.2, -0.15) is 0 Å². The van der Waals surface area contributed by atoms with Crippen molar-refractivity contribution >= 4 is 29.0 Å². The molecule has 0 bridgehead atoms. The number of amides is 1. The van der Waals surface area contributed by atoms with E-state index < -0.39 is 0 Å². The average Bonchev–Trinajstić information content (AvgIpc) is 2.72. The highest BCUT2D eigenvalue weighted by Gasteiger charge is 2.15. The third-order valence-corrected chi connectivity index (χ3v) is 5.21. The maximum absolute atomic E-state index is 11.5. The number of carbonyl (C=O) groups is 1. The van der Waals surface area contributed by atoms with Crippen LogP contribution in [0.4, 0.5) is 0 Å². The summed E-state index contributed by atoms with van der Waals surface area (Å²) in [7, 11) is 0. The lowest BCUT2D eigenvalue weighted by Gasteiger charge is -2.12. The van der Waals surface area contributed by atoms with Crippen LogP contribution in [0, 0.1) is 0 Å². The normalized spacial score (nSPS) is 14.6. The maximum atomic E-state index is 11.5. The van der Waals surface area contributed by atoms with E-state index in [1.807, 2.05) is 25.2 Å². The van der Waals surface area contributed by atoms with Crippen molar-refractivity contribution in [2.24, 2.45) is 0 Å². The Kier molecular flexibility index (Phi) is 5.13. The molecule has 1 aromatic heterocycles. The molecule has 0 unspecified atom stereocenters. The minimum absolute atomic E-state index is 0.152. The van der Waals surface area contributed by atoms with Gasteiger partial charge in [0.1, 0.15) is 0 Å². The van der Waals surface area contributed by atoms with Crippen LogP contribution in [0.15, 0.2) is 5.38 Å². The minimum Gasteiger partial charge on any atom is -0.353 e. The fraction of sp³-hybridized carbons (Fsp3) is 0.643. The summed E-state index contributed by atoms with van der Waals surface area (Å²) in [5.74, 6) is 1.71. The number of fused-ring (bicyclic) bond motifs is 1. The molecule has 1 aliphatic rings. The first kappa shape index (κ1) is 13.9. The van der Waals surface area contributed by atoms with Crippen LogP contribution >= 0.6 is 23.1 Å². The molecule has 2 rings (SSSR count). The predicted octanol–water partition coefficient (Wildman–Crippen LogP) is 3.38. The molecule has 0 spiro atoms. The van der Waals surface area contributed by atoms with Crippen molar-refractivity contribution in [3.63, 3.8) is 0 Å². The topological polar surface area (TPSA) is 29.1 Å². The molecule has 0 fully saturated rings. The molecule has 1 aromatic rings. The van der Waals surface area contributed by atoms with Crippen molar-refractivity contribution in [1.29, 1.82) is 0 Å². The van der Waals surface area contributed by atoms with Crippen molar-refractivity contribution in [1.82, 2.24) is 5.32 Å². The summed E-state index contributed by atoms with van der Waals surface area (Å²) in [4.78, 5) is 13.1.